The monoisotopic (exact) mass is 496 g/mol. The van der Waals surface area contributed by atoms with E-state index in [0.29, 0.717) is 11.5 Å². The molecular formula is C27H28N8O2. The number of aromatic nitrogens is 7. The van der Waals surface area contributed by atoms with Crippen LogP contribution in [0.25, 0.3) is 33.7 Å². The molecule has 4 heterocycles. The van der Waals surface area contributed by atoms with Gasteiger partial charge in [-0.05, 0) is 42.0 Å². The van der Waals surface area contributed by atoms with Gasteiger partial charge in [-0.25, -0.2) is 9.97 Å². The zero-order valence-electron chi connectivity index (χ0n) is 21.2. The zero-order chi connectivity index (χ0) is 25.7. The highest BCUT2D eigenvalue weighted by Crippen LogP contribution is 2.35. The number of fused-ring (bicyclic) bond motifs is 2. The number of carbonyl (C=O) groups is 1. The third-order valence-corrected chi connectivity index (χ3v) is 6.74. The van der Waals surface area contributed by atoms with Crippen LogP contribution in [-0.4, -0.2) is 40.8 Å². The number of pyridine rings is 1. The Morgan fingerprint density at radius 3 is 2.81 bits per heavy atom. The van der Waals surface area contributed by atoms with Gasteiger partial charge >= 0.3 is 11.8 Å². The molecule has 188 valence electrons. The van der Waals surface area contributed by atoms with Crippen molar-refractivity contribution in [1.29, 1.82) is 0 Å². The first-order chi connectivity index (χ1) is 17.8. The molecule has 0 bridgehead atoms. The molecule has 0 aliphatic heterocycles. The summed E-state index contributed by atoms with van der Waals surface area (Å²) >= 11 is 0. The van der Waals surface area contributed by atoms with Gasteiger partial charge in [0.05, 0.1) is 23.3 Å². The first-order valence-corrected chi connectivity index (χ1v) is 12.4. The van der Waals surface area contributed by atoms with Gasteiger partial charge in [0, 0.05) is 30.4 Å². The van der Waals surface area contributed by atoms with Crippen molar-refractivity contribution in [3.63, 3.8) is 0 Å². The zero-order valence-corrected chi connectivity index (χ0v) is 21.2. The normalized spacial score (nSPS) is 15.6. The Labute approximate surface area is 213 Å². The fraction of sp³-hybridized carbons (Fsp3) is 0.333. The Morgan fingerprint density at radius 1 is 1.19 bits per heavy atom. The molecule has 1 amide bonds. The lowest BCUT2D eigenvalue weighted by molar-refractivity contribution is 0.0888. The van der Waals surface area contributed by atoms with E-state index in [0.717, 1.165) is 52.9 Å². The number of aromatic amines is 1. The highest BCUT2D eigenvalue weighted by Gasteiger charge is 2.27. The lowest BCUT2D eigenvalue weighted by Gasteiger charge is -2.26. The first-order valence-electron chi connectivity index (χ1n) is 12.4. The first kappa shape index (κ1) is 23.1. The van der Waals surface area contributed by atoms with Gasteiger partial charge in [-0.2, -0.15) is 10.1 Å². The minimum Gasteiger partial charge on any atom is -0.341 e. The summed E-state index contributed by atoms with van der Waals surface area (Å²) in [5.41, 5.74) is 6.60. The molecule has 1 aliphatic rings. The summed E-state index contributed by atoms with van der Waals surface area (Å²) in [7, 11) is 1.88. The molecule has 0 saturated carbocycles. The number of benzene rings is 1. The molecule has 0 spiro atoms. The molecule has 0 unspecified atom stereocenters. The fourth-order valence-corrected chi connectivity index (χ4v) is 4.80. The van der Waals surface area contributed by atoms with Gasteiger partial charge in [0.1, 0.15) is 5.82 Å². The minimum atomic E-state index is -0.346. The summed E-state index contributed by atoms with van der Waals surface area (Å²) in [6, 6.07) is 8.29. The van der Waals surface area contributed by atoms with Gasteiger partial charge in [0.25, 0.3) is 0 Å². The molecule has 4 aromatic heterocycles. The number of aryl methyl sites for hydroxylation is 2. The van der Waals surface area contributed by atoms with E-state index in [1.165, 1.54) is 5.56 Å². The number of rotatable bonds is 4. The van der Waals surface area contributed by atoms with E-state index in [1.807, 2.05) is 40.1 Å². The van der Waals surface area contributed by atoms with E-state index < -0.39 is 0 Å². The van der Waals surface area contributed by atoms with E-state index in [4.69, 9.17) is 4.52 Å². The van der Waals surface area contributed by atoms with Crippen LogP contribution in [-0.2, 0) is 18.9 Å². The quantitative estimate of drug-likeness (QED) is 0.375. The average Bonchev–Trinajstić information content (AvgIpc) is 3.62. The third-order valence-electron chi connectivity index (χ3n) is 6.74. The van der Waals surface area contributed by atoms with Crippen LogP contribution in [0.3, 0.4) is 0 Å². The van der Waals surface area contributed by atoms with E-state index in [-0.39, 0.29) is 23.3 Å². The number of carbonyl (C=O) groups excluding carboxylic acids is 1. The average molecular weight is 497 g/mol. The van der Waals surface area contributed by atoms with E-state index in [9.17, 15) is 4.79 Å². The highest BCUT2D eigenvalue weighted by molar-refractivity contribution is 5.92. The van der Waals surface area contributed by atoms with Crippen molar-refractivity contribution in [1.82, 2.24) is 40.2 Å². The smallest absolute Gasteiger partial charge is 0.315 e. The Kier molecular flexibility index (Phi) is 5.40. The second-order valence-electron chi connectivity index (χ2n) is 10.6. The van der Waals surface area contributed by atoms with Crippen molar-refractivity contribution in [2.24, 2.45) is 7.05 Å². The van der Waals surface area contributed by atoms with Crippen molar-refractivity contribution in [2.45, 2.75) is 51.5 Å². The molecule has 2 N–H and O–H groups in total. The van der Waals surface area contributed by atoms with Gasteiger partial charge in [0.2, 0.25) is 0 Å². The number of nitrogens with one attached hydrogen (secondary N) is 2. The molecule has 1 aliphatic carbocycles. The molecule has 1 atom stereocenters. The van der Waals surface area contributed by atoms with Crippen molar-refractivity contribution in [3.8, 4) is 22.5 Å². The number of amides is 1. The number of imidazole rings is 1. The fourth-order valence-electron chi connectivity index (χ4n) is 4.80. The Morgan fingerprint density at radius 2 is 2.05 bits per heavy atom. The maximum absolute atomic E-state index is 12.9. The van der Waals surface area contributed by atoms with Gasteiger partial charge in [-0.1, -0.05) is 44.1 Å². The van der Waals surface area contributed by atoms with Crippen LogP contribution in [0.5, 0.6) is 0 Å². The van der Waals surface area contributed by atoms with Gasteiger partial charge < -0.3 is 14.8 Å². The van der Waals surface area contributed by atoms with Crippen LogP contribution in [0.15, 0.2) is 47.4 Å². The Balaban J connectivity index is 1.29. The summed E-state index contributed by atoms with van der Waals surface area (Å²) in [5, 5.41) is 11.3. The molecule has 10 heteroatoms. The predicted octanol–water partition coefficient (Wildman–Crippen LogP) is 4.51. The largest absolute Gasteiger partial charge is 0.341 e. The molecule has 0 radical (unpaired) electrons. The van der Waals surface area contributed by atoms with E-state index >= 15 is 0 Å². The minimum absolute atomic E-state index is 0.00323. The summed E-state index contributed by atoms with van der Waals surface area (Å²) in [4.78, 5) is 29.8. The SMILES string of the molecule is Cn1cc(-c2nc3nccc(-c4ccc5c(c4)CCC[C@H]5NC(=O)c4nc(C(C)(C)C)no4)c3[nH]2)cn1. The van der Waals surface area contributed by atoms with Crippen LogP contribution in [0.4, 0.5) is 0 Å². The Bertz CT molecular complexity index is 1620. The molecule has 5 aromatic rings. The lowest BCUT2D eigenvalue weighted by Crippen LogP contribution is -2.31. The van der Waals surface area contributed by atoms with Crippen molar-refractivity contribution >= 4 is 17.1 Å². The van der Waals surface area contributed by atoms with Gasteiger partial charge in [-0.15, -0.1) is 0 Å². The van der Waals surface area contributed by atoms with Crippen molar-refractivity contribution < 1.29 is 9.32 Å². The number of hydrogen-bond acceptors (Lipinski definition) is 7. The summed E-state index contributed by atoms with van der Waals surface area (Å²) in [6.07, 6.45) is 8.25. The molecular weight excluding hydrogens is 468 g/mol. The number of H-pyrrole nitrogens is 1. The maximum atomic E-state index is 12.9. The van der Waals surface area contributed by atoms with E-state index in [1.54, 1.807) is 17.1 Å². The second-order valence-corrected chi connectivity index (χ2v) is 10.6. The summed E-state index contributed by atoms with van der Waals surface area (Å²) < 4.78 is 6.99. The van der Waals surface area contributed by atoms with Crippen LogP contribution in [0.1, 0.15) is 67.3 Å². The topological polar surface area (TPSA) is 127 Å². The summed E-state index contributed by atoms with van der Waals surface area (Å²) in [6.45, 7) is 5.94. The highest BCUT2D eigenvalue weighted by atomic mass is 16.5. The maximum Gasteiger partial charge on any atom is 0.315 e. The molecule has 0 fully saturated rings. The van der Waals surface area contributed by atoms with E-state index in [2.05, 4.69) is 53.7 Å². The summed E-state index contributed by atoms with van der Waals surface area (Å²) in [5.74, 6) is 0.901. The predicted molar refractivity (Wildman–Crippen MR) is 138 cm³/mol. The molecule has 10 nitrogen and oxygen atoms in total. The number of hydrogen-bond donors (Lipinski definition) is 2. The van der Waals surface area contributed by atoms with Gasteiger partial charge in [0.15, 0.2) is 11.5 Å². The van der Waals surface area contributed by atoms with Crippen molar-refractivity contribution in [3.05, 3.63) is 65.7 Å². The van der Waals surface area contributed by atoms with Crippen LogP contribution >= 0.6 is 0 Å². The Hall–Kier alpha value is -4.34. The van der Waals surface area contributed by atoms with Crippen LogP contribution in [0, 0.1) is 0 Å². The van der Waals surface area contributed by atoms with Crippen molar-refractivity contribution in [2.75, 3.05) is 0 Å². The third kappa shape index (κ3) is 4.28. The van der Waals surface area contributed by atoms with Gasteiger partial charge in [-0.3, -0.25) is 9.48 Å². The molecule has 6 rings (SSSR count). The van der Waals surface area contributed by atoms with Crippen LogP contribution in [0.2, 0.25) is 0 Å². The second kappa shape index (κ2) is 8.65. The lowest BCUT2D eigenvalue weighted by atomic mass is 9.85. The number of nitrogens with zero attached hydrogens (tertiary/aromatic N) is 6. The van der Waals surface area contributed by atoms with Crippen LogP contribution < -0.4 is 5.32 Å². The molecule has 37 heavy (non-hydrogen) atoms. The molecule has 1 aromatic carbocycles. The standard InChI is InChI=1S/C27H28N8O2/c1-27(2,3)26-33-25(37-34-26)24(36)30-20-7-5-6-15-12-16(8-9-18(15)20)19-10-11-28-23-21(19)31-22(32-23)17-13-29-35(4)14-17/h8-14,20H,5-7H2,1-4H3,(H,30,36)(H,28,31,32)/t20-/m1/s1. The molecule has 0 saturated heterocycles.